The molecule has 0 radical (unpaired) electrons. The third-order valence-electron chi connectivity index (χ3n) is 1.69. The van der Waals surface area contributed by atoms with Crippen LogP contribution in [-0.2, 0) is 14.3 Å². The third kappa shape index (κ3) is 5.60. The SMILES string of the molecule is CCOC(C)(CCC(=O)O)OCC. The first-order chi connectivity index (χ1) is 6.04. The van der Waals surface area contributed by atoms with Crippen molar-refractivity contribution in [1.29, 1.82) is 0 Å². The monoisotopic (exact) mass is 190 g/mol. The second-order valence-corrected chi connectivity index (χ2v) is 2.89. The summed E-state index contributed by atoms with van der Waals surface area (Å²) in [5, 5.41) is 8.50. The molecule has 0 aromatic heterocycles. The maximum absolute atomic E-state index is 10.3. The second kappa shape index (κ2) is 5.94. The Bertz CT molecular complexity index is 150. The summed E-state index contributed by atoms with van der Waals surface area (Å²) in [6, 6.07) is 0. The van der Waals surface area contributed by atoms with Gasteiger partial charge in [-0.3, -0.25) is 4.79 Å². The standard InChI is InChI=1S/C9H18O4/c1-4-12-9(3,13-5-2)7-6-8(10)11/h4-7H2,1-3H3,(H,10,11). The van der Waals surface area contributed by atoms with Gasteiger partial charge in [-0.25, -0.2) is 0 Å². The van der Waals surface area contributed by atoms with Gasteiger partial charge >= 0.3 is 5.97 Å². The van der Waals surface area contributed by atoms with Gasteiger partial charge in [0, 0.05) is 19.6 Å². The number of hydrogen-bond donors (Lipinski definition) is 1. The predicted molar refractivity (Wildman–Crippen MR) is 48.5 cm³/mol. The van der Waals surface area contributed by atoms with E-state index in [1.165, 1.54) is 0 Å². The molecule has 0 fully saturated rings. The summed E-state index contributed by atoms with van der Waals surface area (Å²) >= 11 is 0. The van der Waals surface area contributed by atoms with E-state index >= 15 is 0 Å². The third-order valence-corrected chi connectivity index (χ3v) is 1.69. The fraction of sp³-hybridized carbons (Fsp3) is 0.889. The van der Waals surface area contributed by atoms with Crippen LogP contribution in [0, 0.1) is 0 Å². The van der Waals surface area contributed by atoms with E-state index in [2.05, 4.69) is 0 Å². The molecule has 0 spiro atoms. The molecule has 0 unspecified atom stereocenters. The summed E-state index contributed by atoms with van der Waals surface area (Å²) in [7, 11) is 0. The van der Waals surface area contributed by atoms with E-state index in [4.69, 9.17) is 14.6 Å². The van der Waals surface area contributed by atoms with E-state index in [1.54, 1.807) is 6.92 Å². The summed E-state index contributed by atoms with van der Waals surface area (Å²) in [5.41, 5.74) is 0. The summed E-state index contributed by atoms with van der Waals surface area (Å²) in [5.74, 6) is -1.58. The van der Waals surface area contributed by atoms with Gasteiger partial charge in [-0.05, 0) is 20.8 Å². The van der Waals surface area contributed by atoms with Crippen molar-refractivity contribution in [3.63, 3.8) is 0 Å². The molecule has 1 N–H and O–H groups in total. The zero-order chi connectivity index (χ0) is 10.3. The number of aliphatic carboxylic acids is 1. The minimum absolute atomic E-state index is 0.0660. The number of carboxylic acid groups (broad SMARTS) is 1. The molecule has 0 bridgehead atoms. The number of rotatable bonds is 7. The predicted octanol–water partition coefficient (Wildman–Crippen LogP) is 1.64. The van der Waals surface area contributed by atoms with Crippen LogP contribution in [0.3, 0.4) is 0 Å². The topological polar surface area (TPSA) is 55.8 Å². The molecule has 0 saturated heterocycles. The first kappa shape index (κ1) is 12.4. The van der Waals surface area contributed by atoms with Crippen molar-refractivity contribution >= 4 is 5.97 Å². The largest absolute Gasteiger partial charge is 0.481 e. The number of hydrogen-bond acceptors (Lipinski definition) is 3. The minimum Gasteiger partial charge on any atom is -0.481 e. The second-order valence-electron chi connectivity index (χ2n) is 2.89. The molecule has 0 aliphatic heterocycles. The molecule has 78 valence electrons. The Balaban J connectivity index is 3.98. The Morgan fingerprint density at radius 2 is 1.77 bits per heavy atom. The van der Waals surface area contributed by atoms with Gasteiger partial charge in [0.1, 0.15) is 0 Å². The van der Waals surface area contributed by atoms with Gasteiger partial charge in [-0.2, -0.15) is 0 Å². The van der Waals surface area contributed by atoms with Crippen molar-refractivity contribution in [2.75, 3.05) is 13.2 Å². The Hall–Kier alpha value is -0.610. The highest BCUT2D eigenvalue weighted by Gasteiger charge is 2.25. The zero-order valence-electron chi connectivity index (χ0n) is 8.50. The fourth-order valence-electron chi connectivity index (χ4n) is 1.13. The Morgan fingerprint density at radius 1 is 1.31 bits per heavy atom. The van der Waals surface area contributed by atoms with Crippen LogP contribution in [0.2, 0.25) is 0 Å². The molecule has 4 nitrogen and oxygen atoms in total. The Labute approximate surface area is 78.8 Å². The lowest BCUT2D eigenvalue weighted by molar-refractivity contribution is -0.225. The average Bonchev–Trinajstić information content (AvgIpc) is 2.02. The van der Waals surface area contributed by atoms with E-state index in [1.807, 2.05) is 13.8 Å². The lowest BCUT2D eigenvalue weighted by Crippen LogP contribution is -2.33. The first-order valence-electron chi connectivity index (χ1n) is 4.53. The molecule has 0 aliphatic rings. The van der Waals surface area contributed by atoms with E-state index < -0.39 is 11.8 Å². The van der Waals surface area contributed by atoms with Crippen LogP contribution in [0.4, 0.5) is 0 Å². The highest BCUT2D eigenvalue weighted by molar-refractivity contribution is 5.66. The molecule has 0 aliphatic carbocycles. The van der Waals surface area contributed by atoms with Crippen LogP contribution >= 0.6 is 0 Å². The highest BCUT2D eigenvalue weighted by atomic mass is 16.7. The summed E-state index contributed by atoms with van der Waals surface area (Å²) in [4.78, 5) is 10.3. The van der Waals surface area contributed by atoms with Crippen molar-refractivity contribution in [1.82, 2.24) is 0 Å². The van der Waals surface area contributed by atoms with Crippen molar-refractivity contribution in [2.45, 2.75) is 39.4 Å². The van der Waals surface area contributed by atoms with Crippen molar-refractivity contribution in [3.8, 4) is 0 Å². The maximum atomic E-state index is 10.3. The van der Waals surface area contributed by atoms with Gasteiger partial charge in [-0.1, -0.05) is 0 Å². The maximum Gasteiger partial charge on any atom is 0.303 e. The fourth-order valence-corrected chi connectivity index (χ4v) is 1.13. The molecule has 0 aromatic rings. The minimum atomic E-state index is -0.828. The molecule has 0 heterocycles. The highest BCUT2D eigenvalue weighted by Crippen LogP contribution is 2.19. The van der Waals surface area contributed by atoms with Crippen LogP contribution in [-0.4, -0.2) is 30.1 Å². The van der Waals surface area contributed by atoms with Crippen molar-refractivity contribution < 1.29 is 19.4 Å². The molecule has 0 amide bonds. The van der Waals surface area contributed by atoms with Crippen LogP contribution in [0.5, 0.6) is 0 Å². The van der Waals surface area contributed by atoms with Crippen LogP contribution in [0.15, 0.2) is 0 Å². The van der Waals surface area contributed by atoms with Gasteiger partial charge < -0.3 is 14.6 Å². The molecular weight excluding hydrogens is 172 g/mol. The number of carbonyl (C=O) groups is 1. The summed E-state index contributed by atoms with van der Waals surface area (Å²) < 4.78 is 10.7. The zero-order valence-corrected chi connectivity index (χ0v) is 8.50. The van der Waals surface area contributed by atoms with Gasteiger partial charge in [0.05, 0.1) is 6.42 Å². The molecule has 0 aromatic carbocycles. The van der Waals surface area contributed by atoms with Crippen LogP contribution in [0.25, 0.3) is 0 Å². The molecule has 4 heteroatoms. The number of carboxylic acids is 1. The van der Waals surface area contributed by atoms with Crippen molar-refractivity contribution in [3.05, 3.63) is 0 Å². The van der Waals surface area contributed by atoms with Gasteiger partial charge in [-0.15, -0.1) is 0 Å². The molecule has 0 rings (SSSR count). The number of ether oxygens (including phenoxy) is 2. The molecule has 0 atom stereocenters. The molecule has 0 saturated carbocycles. The Morgan fingerprint density at radius 3 is 2.08 bits per heavy atom. The molecular formula is C9H18O4. The lowest BCUT2D eigenvalue weighted by atomic mass is 10.1. The van der Waals surface area contributed by atoms with E-state index in [-0.39, 0.29) is 6.42 Å². The van der Waals surface area contributed by atoms with Gasteiger partial charge in [0.25, 0.3) is 0 Å². The summed E-state index contributed by atoms with van der Waals surface area (Å²) in [6.07, 6.45) is 0.445. The van der Waals surface area contributed by atoms with Gasteiger partial charge in [0.15, 0.2) is 5.79 Å². The quantitative estimate of drug-likeness (QED) is 0.620. The molecule has 13 heavy (non-hydrogen) atoms. The average molecular weight is 190 g/mol. The first-order valence-corrected chi connectivity index (χ1v) is 4.53. The summed E-state index contributed by atoms with van der Waals surface area (Å²) in [6.45, 7) is 6.53. The lowest BCUT2D eigenvalue weighted by Gasteiger charge is -2.28. The normalized spacial score (nSPS) is 11.6. The van der Waals surface area contributed by atoms with Crippen LogP contribution < -0.4 is 0 Å². The van der Waals surface area contributed by atoms with E-state index in [0.29, 0.717) is 19.6 Å². The van der Waals surface area contributed by atoms with Crippen LogP contribution in [0.1, 0.15) is 33.6 Å². The van der Waals surface area contributed by atoms with Crippen molar-refractivity contribution in [2.24, 2.45) is 0 Å². The van der Waals surface area contributed by atoms with E-state index in [9.17, 15) is 4.79 Å². The van der Waals surface area contributed by atoms with Gasteiger partial charge in [0.2, 0.25) is 0 Å². The Kier molecular flexibility index (Phi) is 5.66. The smallest absolute Gasteiger partial charge is 0.303 e. The van der Waals surface area contributed by atoms with E-state index in [0.717, 1.165) is 0 Å².